The molecule has 2 aliphatic heterocycles. The van der Waals surface area contributed by atoms with Gasteiger partial charge in [0.05, 0.1) is 20.1 Å². The average Bonchev–Trinajstić information content (AvgIpc) is 3.29. The zero-order valence-corrected chi connectivity index (χ0v) is 24.6. The Labute approximate surface area is 249 Å². The third kappa shape index (κ3) is 9.87. The summed E-state index contributed by atoms with van der Waals surface area (Å²) in [4.78, 5) is 93.6. The van der Waals surface area contributed by atoms with Crippen molar-refractivity contribution in [3.05, 3.63) is 29.8 Å². The standard InChI is InChI=1S/C29H38N4O10/c1-18-5-4-6-19(2)32(18)16-25(36)30-14-13-24(35)31-22(29(40)43-33-26(37)11-12-27(33)38)15-28(39)42-17-23(34)20-7-9-21(41-3)10-8-20/h7-10,18-19,22H,4-6,11-17H2,1-3H3,(H,30,36)(H,31,35). The lowest BCUT2D eigenvalue weighted by atomic mass is 9.97. The van der Waals surface area contributed by atoms with Crippen molar-refractivity contribution in [1.29, 1.82) is 0 Å². The zero-order valence-electron chi connectivity index (χ0n) is 24.6. The number of methoxy groups -OCH3 is 1. The number of piperidine rings is 1. The van der Waals surface area contributed by atoms with Gasteiger partial charge >= 0.3 is 11.9 Å². The largest absolute Gasteiger partial charge is 0.497 e. The summed E-state index contributed by atoms with van der Waals surface area (Å²) in [5.41, 5.74) is 0.259. The van der Waals surface area contributed by atoms with Gasteiger partial charge in [0.25, 0.3) is 11.8 Å². The number of carbonyl (C=O) groups excluding carboxylic acids is 7. The van der Waals surface area contributed by atoms with Crippen LogP contribution >= 0.6 is 0 Å². The molecule has 14 heteroatoms. The van der Waals surface area contributed by atoms with Crippen LogP contribution in [0.5, 0.6) is 5.75 Å². The third-order valence-electron chi connectivity index (χ3n) is 7.33. The van der Waals surface area contributed by atoms with Crippen LogP contribution in [0.3, 0.4) is 0 Å². The quantitative estimate of drug-likeness (QED) is 0.174. The van der Waals surface area contributed by atoms with Crippen molar-refractivity contribution in [3.63, 3.8) is 0 Å². The van der Waals surface area contributed by atoms with E-state index in [1.807, 2.05) is 0 Å². The molecule has 2 heterocycles. The van der Waals surface area contributed by atoms with Crippen LogP contribution in [0, 0.1) is 0 Å². The molecule has 2 saturated heterocycles. The smallest absolute Gasteiger partial charge is 0.355 e. The number of imide groups is 1. The number of likely N-dealkylation sites (tertiary alicyclic amines) is 1. The molecule has 0 radical (unpaired) electrons. The summed E-state index contributed by atoms with van der Waals surface area (Å²) in [6, 6.07) is 5.01. The van der Waals surface area contributed by atoms with E-state index >= 15 is 0 Å². The van der Waals surface area contributed by atoms with Gasteiger partial charge in [-0.25, -0.2) is 4.79 Å². The van der Waals surface area contributed by atoms with Gasteiger partial charge < -0.3 is 24.9 Å². The summed E-state index contributed by atoms with van der Waals surface area (Å²) in [5, 5.41) is 5.30. The van der Waals surface area contributed by atoms with E-state index < -0.39 is 54.5 Å². The Morgan fingerprint density at radius 3 is 2.19 bits per heavy atom. The lowest BCUT2D eigenvalue weighted by Gasteiger charge is -2.38. The number of ketones is 1. The monoisotopic (exact) mass is 602 g/mol. The number of amides is 4. The van der Waals surface area contributed by atoms with Gasteiger partial charge in [0.2, 0.25) is 11.8 Å². The highest BCUT2D eigenvalue weighted by molar-refractivity contribution is 6.02. The number of benzene rings is 1. The normalized spacial score (nSPS) is 19.4. The zero-order chi connectivity index (χ0) is 31.5. The average molecular weight is 603 g/mol. The number of esters is 1. The molecule has 2 N–H and O–H groups in total. The van der Waals surface area contributed by atoms with Gasteiger partial charge in [-0.15, -0.1) is 5.06 Å². The maximum atomic E-state index is 12.8. The number of ether oxygens (including phenoxy) is 2. The van der Waals surface area contributed by atoms with Gasteiger partial charge in [-0.1, -0.05) is 6.42 Å². The number of nitrogens with one attached hydrogen (secondary N) is 2. The van der Waals surface area contributed by atoms with E-state index in [4.69, 9.17) is 14.3 Å². The molecule has 43 heavy (non-hydrogen) atoms. The summed E-state index contributed by atoms with van der Waals surface area (Å²) in [6.07, 6.45) is 1.85. The molecule has 2 fully saturated rings. The molecule has 3 atom stereocenters. The van der Waals surface area contributed by atoms with Crippen molar-refractivity contribution in [2.75, 3.05) is 26.8 Å². The number of hydroxylamine groups is 2. The molecule has 14 nitrogen and oxygen atoms in total. The van der Waals surface area contributed by atoms with Crippen molar-refractivity contribution in [2.45, 2.75) is 76.9 Å². The second kappa shape index (κ2) is 15.8. The van der Waals surface area contributed by atoms with Gasteiger partial charge in [-0.05, 0) is 51.0 Å². The fraction of sp³-hybridized carbons (Fsp3) is 0.552. The molecular weight excluding hydrogens is 564 g/mol. The SMILES string of the molecule is COc1ccc(C(=O)COC(=O)CC(NC(=O)CCNC(=O)CN2C(C)CCCC2C)C(=O)ON2C(=O)CCC2=O)cc1. The Morgan fingerprint density at radius 1 is 0.953 bits per heavy atom. The van der Waals surface area contributed by atoms with Crippen molar-refractivity contribution in [1.82, 2.24) is 20.6 Å². The van der Waals surface area contributed by atoms with Crippen molar-refractivity contribution in [2.24, 2.45) is 0 Å². The Bertz CT molecular complexity index is 1190. The van der Waals surface area contributed by atoms with Crippen LogP contribution in [0.25, 0.3) is 0 Å². The highest BCUT2D eigenvalue weighted by Gasteiger charge is 2.36. The number of carbonyl (C=O) groups is 7. The highest BCUT2D eigenvalue weighted by atomic mass is 16.7. The van der Waals surface area contributed by atoms with Crippen LogP contribution in [0.1, 0.15) is 69.2 Å². The summed E-state index contributed by atoms with van der Waals surface area (Å²) in [5.74, 6) is -4.67. The third-order valence-corrected chi connectivity index (χ3v) is 7.33. The van der Waals surface area contributed by atoms with E-state index in [0.29, 0.717) is 10.8 Å². The Balaban J connectivity index is 1.54. The molecule has 0 aliphatic carbocycles. The Hall–Kier alpha value is -4.33. The van der Waals surface area contributed by atoms with Crippen LogP contribution < -0.4 is 15.4 Å². The van der Waals surface area contributed by atoms with Crippen LogP contribution in [0.4, 0.5) is 0 Å². The molecule has 0 spiro atoms. The summed E-state index contributed by atoms with van der Waals surface area (Å²) >= 11 is 0. The number of hydrogen-bond donors (Lipinski definition) is 2. The maximum absolute atomic E-state index is 12.8. The molecule has 2 aliphatic rings. The first-order chi connectivity index (χ1) is 20.5. The molecule has 0 saturated carbocycles. The minimum absolute atomic E-state index is 0.0348. The van der Waals surface area contributed by atoms with Crippen molar-refractivity contribution in [3.8, 4) is 5.75 Å². The second-order valence-corrected chi connectivity index (χ2v) is 10.5. The van der Waals surface area contributed by atoms with E-state index in [2.05, 4.69) is 29.4 Å². The molecule has 4 amide bonds. The number of hydrogen-bond acceptors (Lipinski definition) is 11. The van der Waals surface area contributed by atoms with Gasteiger partial charge in [-0.2, -0.15) is 0 Å². The topological polar surface area (TPSA) is 178 Å². The van der Waals surface area contributed by atoms with E-state index in [1.54, 1.807) is 12.1 Å². The predicted octanol–water partition coefficient (Wildman–Crippen LogP) is 0.672. The number of rotatable bonds is 14. The molecule has 3 unspecified atom stereocenters. The fourth-order valence-electron chi connectivity index (χ4n) is 4.83. The first-order valence-corrected chi connectivity index (χ1v) is 14.2. The van der Waals surface area contributed by atoms with Crippen LogP contribution in [0.2, 0.25) is 0 Å². The van der Waals surface area contributed by atoms with Crippen LogP contribution in [-0.2, 0) is 38.3 Å². The molecule has 1 aromatic carbocycles. The molecule has 234 valence electrons. The summed E-state index contributed by atoms with van der Waals surface area (Å²) in [6.45, 7) is 3.66. The van der Waals surface area contributed by atoms with Crippen LogP contribution in [-0.4, -0.2) is 96.2 Å². The minimum atomic E-state index is -1.64. The van der Waals surface area contributed by atoms with Crippen molar-refractivity contribution >= 4 is 41.4 Å². The first-order valence-electron chi connectivity index (χ1n) is 14.2. The number of nitrogens with zero attached hydrogens (tertiary/aromatic N) is 2. The predicted molar refractivity (Wildman–Crippen MR) is 149 cm³/mol. The van der Waals surface area contributed by atoms with E-state index in [0.717, 1.165) is 19.3 Å². The maximum Gasteiger partial charge on any atom is 0.355 e. The lowest BCUT2D eigenvalue weighted by Crippen LogP contribution is -2.49. The molecule has 1 aromatic rings. The Morgan fingerprint density at radius 2 is 1.58 bits per heavy atom. The summed E-state index contributed by atoms with van der Waals surface area (Å²) < 4.78 is 10.0. The molecule has 3 rings (SSSR count). The van der Waals surface area contributed by atoms with Gasteiger partial charge in [0, 0.05) is 43.5 Å². The van der Waals surface area contributed by atoms with E-state index in [1.165, 1.54) is 19.2 Å². The Kier molecular flexibility index (Phi) is 12.2. The van der Waals surface area contributed by atoms with Gasteiger partial charge in [0.1, 0.15) is 11.8 Å². The minimum Gasteiger partial charge on any atom is -0.497 e. The molecular formula is C29H38N4O10. The fourth-order valence-corrected chi connectivity index (χ4v) is 4.83. The number of Topliss-reactive ketones (excluding diaryl/α,β-unsaturated/α-hetero) is 1. The van der Waals surface area contributed by atoms with E-state index in [-0.39, 0.29) is 55.9 Å². The highest BCUT2D eigenvalue weighted by Crippen LogP contribution is 2.21. The first kappa shape index (κ1) is 33.2. The van der Waals surface area contributed by atoms with Crippen LogP contribution in [0.15, 0.2) is 24.3 Å². The molecule has 0 bridgehead atoms. The summed E-state index contributed by atoms with van der Waals surface area (Å²) in [7, 11) is 1.47. The van der Waals surface area contributed by atoms with Gasteiger partial charge in [0.15, 0.2) is 12.4 Å². The second-order valence-electron chi connectivity index (χ2n) is 10.5. The lowest BCUT2D eigenvalue weighted by molar-refractivity contribution is -0.199. The van der Waals surface area contributed by atoms with E-state index in [9.17, 15) is 33.6 Å². The molecule has 0 aromatic heterocycles. The van der Waals surface area contributed by atoms with Crippen molar-refractivity contribution < 1.29 is 47.9 Å². The van der Waals surface area contributed by atoms with Gasteiger partial charge in [-0.3, -0.25) is 33.7 Å².